The minimum Gasteiger partial charge on any atom is -0.459 e. The van der Waals surface area contributed by atoms with Gasteiger partial charge in [0.15, 0.2) is 0 Å². The molecular weight excluding hydrogens is 302 g/mol. The van der Waals surface area contributed by atoms with Gasteiger partial charge < -0.3 is 15.1 Å². The molecule has 1 aromatic carbocycles. The van der Waals surface area contributed by atoms with Crippen LogP contribution in [0.3, 0.4) is 0 Å². The van der Waals surface area contributed by atoms with E-state index in [0.29, 0.717) is 5.92 Å². The lowest BCUT2D eigenvalue weighted by Crippen LogP contribution is -2.41. The Hall–Kier alpha value is -2.01. The molecule has 5 heteroatoms. The van der Waals surface area contributed by atoms with Gasteiger partial charge in [0.25, 0.3) is 0 Å². The molecule has 1 fully saturated rings. The molecule has 3 rings (SSSR count). The average Bonchev–Trinajstić information content (AvgIpc) is 3.11. The number of para-hydroxylation sites is 1. The van der Waals surface area contributed by atoms with Gasteiger partial charge in [-0.15, -0.1) is 0 Å². The van der Waals surface area contributed by atoms with Crippen molar-refractivity contribution in [2.24, 2.45) is 5.92 Å². The SMILES string of the molecule is Cc1c(CN2CCC(CNC(=O)NC(C)C)C2)oc2ccccc12. The summed E-state index contributed by atoms with van der Waals surface area (Å²) in [7, 11) is 0. The molecule has 24 heavy (non-hydrogen) atoms. The molecule has 2 N–H and O–H groups in total. The number of carbonyl (C=O) groups excluding carboxylic acids is 1. The van der Waals surface area contributed by atoms with Crippen molar-refractivity contribution in [3.63, 3.8) is 0 Å². The molecule has 5 nitrogen and oxygen atoms in total. The second-order valence-corrected chi connectivity index (χ2v) is 7.05. The van der Waals surface area contributed by atoms with Crippen LogP contribution in [0.4, 0.5) is 4.79 Å². The molecule has 1 aliphatic heterocycles. The molecule has 2 aromatic rings. The van der Waals surface area contributed by atoms with Crippen molar-refractivity contribution >= 4 is 17.0 Å². The zero-order valence-electron chi connectivity index (χ0n) is 14.8. The van der Waals surface area contributed by atoms with E-state index in [1.807, 2.05) is 32.0 Å². The summed E-state index contributed by atoms with van der Waals surface area (Å²) in [6, 6.07) is 8.29. The third-order valence-electron chi connectivity index (χ3n) is 4.65. The Balaban J connectivity index is 1.52. The number of carbonyl (C=O) groups is 1. The van der Waals surface area contributed by atoms with E-state index in [0.717, 1.165) is 43.9 Å². The highest BCUT2D eigenvalue weighted by atomic mass is 16.3. The molecule has 1 saturated heterocycles. The number of urea groups is 1. The molecule has 1 unspecified atom stereocenters. The summed E-state index contributed by atoms with van der Waals surface area (Å²) < 4.78 is 6.02. The van der Waals surface area contributed by atoms with E-state index in [9.17, 15) is 4.79 Å². The highest BCUT2D eigenvalue weighted by Crippen LogP contribution is 2.27. The first-order valence-electron chi connectivity index (χ1n) is 8.76. The summed E-state index contributed by atoms with van der Waals surface area (Å²) >= 11 is 0. The number of benzene rings is 1. The number of hydrogen-bond donors (Lipinski definition) is 2. The van der Waals surface area contributed by atoms with Crippen molar-refractivity contribution in [1.82, 2.24) is 15.5 Å². The van der Waals surface area contributed by atoms with Crippen LogP contribution in [-0.4, -0.2) is 36.6 Å². The third-order valence-corrected chi connectivity index (χ3v) is 4.65. The Morgan fingerprint density at radius 2 is 2.17 bits per heavy atom. The molecule has 2 heterocycles. The standard InChI is InChI=1S/C19H27N3O2/c1-13(2)21-19(23)20-10-15-8-9-22(11-15)12-18-14(3)16-6-4-5-7-17(16)24-18/h4-7,13,15H,8-12H2,1-3H3,(H2,20,21,23). The zero-order chi connectivity index (χ0) is 17.1. The predicted octanol–water partition coefficient (Wildman–Crippen LogP) is 3.27. The fraction of sp³-hybridized carbons (Fsp3) is 0.526. The lowest BCUT2D eigenvalue weighted by molar-refractivity contribution is 0.235. The normalized spacial score (nSPS) is 18.4. The van der Waals surface area contributed by atoms with Crippen LogP contribution in [0.1, 0.15) is 31.6 Å². The van der Waals surface area contributed by atoms with E-state index >= 15 is 0 Å². The lowest BCUT2D eigenvalue weighted by atomic mass is 10.1. The number of fused-ring (bicyclic) bond motifs is 1. The van der Waals surface area contributed by atoms with Crippen molar-refractivity contribution in [3.8, 4) is 0 Å². The highest BCUT2D eigenvalue weighted by molar-refractivity contribution is 5.81. The van der Waals surface area contributed by atoms with Gasteiger partial charge in [-0.1, -0.05) is 18.2 Å². The monoisotopic (exact) mass is 329 g/mol. The second kappa shape index (κ2) is 7.26. The summed E-state index contributed by atoms with van der Waals surface area (Å²) in [6.07, 6.45) is 1.11. The van der Waals surface area contributed by atoms with Gasteiger partial charge in [-0.25, -0.2) is 4.79 Å². The van der Waals surface area contributed by atoms with Crippen LogP contribution in [0.15, 0.2) is 28.7 Å². The summed E-state index contributed by atoms with van der Waals surface area (Å²) in [6.45, 7) is 9.68. The zero-order valence-corrected chi connectivity index (χ0v) is 14.8. The fourth-order valence-corrected chi connectivity index (χ4v) is 3.35. The first-order valence-corrected chi connectivity index (χ1v) is 8.76. The van der Waals surface area contributed by atoms with Gasteiger partial charge in [0.1, 0.15) is 11.3 Å². The smallest absolute Gasteiger partial charge is 0.314 e. The number of nitrogens with one attached hydrogen (secondary N) is 2. The van der Waals surface area contributed by atoms with E-state index in [2.05, 4.69) is 28.5 Å². The van der Waals surface area contributed by atoms with Crippen molar-refractivity contribution in [2.45, 2.75) is 39.8 Å². The highest BCUT2D eigenvalue weighted by Gasteiger charge is 2.24. The molecule has 0 saturated carbocycles. The van der Waals surface area contributed by atoms with Gasteiger partial charge in [-0.05, 0) is 51.3 Å². The molecule has 2 amide bonds. The van der Waals surface area contributed by atoms with E-state index in [4.69, 9.17) is 4.42 Å². The number of hydrogen-bond acceptors (Lipinski definition) is 3. The first-order chi connectivity index (χ1) is 11.5. The van der Waals surface area contributed by atoms with Crippen LogP contribution >= 0.6 is 0 Å². The Kier molecular flexibility index (Phi) is 5.09. The fourth-order valence-electron chi connectivity index (χ4n) is 3.35. The summed E-state index contributed by atoms with van der Waals surface area (Å²) in [5.74, 6) is 1.56. The van der Waals surface area contributed by atoms with Gasteiger partial charge in [-0.3, -0.25) is 4.90 Å². The quantitative estimate of drug-likeness (QED) is 0.885. The van der Waals surface area contributed by atoms with Crippen molar-refractivity contribution < 1.29 is 9.21 Å². The van der Waals surface area contributed by atoms with Crippen LogP contribution in [0.25, 0.3) is 11.0 Å². The molecule has 0 bridgehead atoms. The molecule has 1 aromatic heterocycles. The summed E-state index contributed by atoms with van der Waals surface area (Å²) in [4.78, 5) is 14.1. The molecule has 0 aliphatic carbocycles. The molecule has 0 spiro atoms. The maximum absolute atomic E-state index is 11.7. The number of likely N-dealkylation sites (tertiary alicyclic amines) is 1. The Labute approximate surface area is 143 Å². The molecule has 0 radical (unpaired) electrons. The number of furan rings is 1. The van der Waals surface area contributed by atoms with Gasteiger partial charge >= 0.3 is 6.03 Å². The van der Waals surface area contributed by atoms with E-state index < -0.39 is 0 Å². The Bertz CT molecular complexity index is 708. The van der Waals surface area contributed by atoms with Crippen molar-refractivity contribution in [3.05, 3.63) is 35.6 Å². The maximum Gasteiger partial charge on any atom is 0.314 e. The lowest BCUT2D eigenvalue weighted by Gasteiger charge is -2.16. The van der Waals surface area contributed by atoms with E-state index in [-0.39, 0.29) is 12.1 Å². The first kappa shape index (κ1) is 16.8. The molecule has 130 valence electrons. The van der Waals surface area contributed by atoms with Crippen LogP contribution in [0.2, 0.25) is 0 Å². The van der Waals surface area contributed by atoms with Crippen LogP contribution in [-0.2, 0) is 6.54 Å². The predicted molar refractivity (Wildman–Crippen MR) is 96.0 cm³/mol. The van der Waals surface area contributed by atoms with Crippen LogP contribution < -0.4 is 10.6 Å². The van der Waals surface area contributed by atoms with Crippen LogP contribution in [0.5, 0.6) is 0 Å². The Morgan fingerprint density at radius 1 is 1.38 bits per heavy atom. The Morgan fingerprint density at radius 3 is 2.92 bits per heavy atom. The van der Waals surface area contributed by atoms with Crippen molar-refractivity contribution in [1.29, 1.82) is 0 Å². The molecular formula is C19H27N3O2. The number of nitrogens with zero attached hydrogens (tertiary/aromatic N) is 1. The maximum atomic E-state index is 11.7. The van der Waals surface area contributed by atoms with Gasteiger partial charge in [0.05, 0.1) is 6.54 Å². The van der Waals surface area contributed by atoms with Crippen LogP contribution in [0, 0.1) is 12.8 Å². The van der Waals surface area contributed by atoms with Crippen molar-refractivity contribution in [2.75, 3.05) is 19.6 Å². The number of amides is 2. The molecule has 1 atom stereocenters. The number of rotatable bonds is 5. The average molecular weight is 329 g/mol. The minimum atomic E-state index is -0.0726. The van der Waals surface area contributed by atoms with Gasteiger partial charge in [0, 0.05) is 24.5 Å². The minimum absolute atomic E-state index is 0.0726. The number of aryl methyl sites for hydroxylation is 1. The summed E-state index contributed by atoms with van der Waals surface area (Å²) in [5, 5.41) is 7.04. The molecule has 1 aliphatic rings. The van der Waals surface area contributed by atoms with E-state index in [1.54, 1.807) is 0 Å². The third kappa shape index (κ3) is 3.90. The van der Waals surface area contributed by atoms with Gasteiger partial charge in [-0.2, -0.15) is 0 Å². The van der Waals surface area contributed by atoms with Gasteiger partial charge in [0.2, 0.25) is 0 Å². The second-order valence-electron chi connectivity index (χ2n) is 7.05. The summed E-state index contributed by atoms with van der Waals surface area (Å²) in [5.41, 5.74) is 2.20. The topological polar surface area (TPSA) is 57.5 Å². The largest absolute Gasteiger partial charge is 0.459 e. The van der Waals surface area contributed by atoms with E-state index in [1.165, 1.54) is 10.9 Å².